The number of aromatic nitrogens is 1. The van der Waals surface area contributed by atoms with E-state index in [9.17, 15) is 15.0 Å². The fourth-order valence-electron chi connectivity index (χ4n) is 0.941. The number of aliphatic hydroxyl groups excluding tert-OH is 2. The minimum absolute atomic E-state index is 0.137. The van der Waals surface area contributed by atoms with Gasteiger partial charge in [0.2, 0.25) is 0 Å². The van der Waals surface area contributed by atoms with Crippen LogP contribution in [0.15, 0.2) is 23.1 Å². The summed E-state index contributed by atoms with van der Waals surface area (Å²) in [7, 11) is 0. The average Bonchev–Trinajstić information content (AvgIpc) is 2.15. The number of nitrogens with one attached hydrogen (secondary N) is 1. The monoisotopic (exact) mass is 201 g/mol. The zero-order valence-corrected chi connectivity index (χ0v) is 7.74. The summed E-state index contributed by atoms with van der Waals surface area (Å²) < 4.78 is 0. The maximum Gasteiger partial charge on any atom is 0.181 e. The van der Waals surface area contributed by atoms with Crippen molar-refractivity contribution in [2.24, 2.45) is 0 Å². The summed E-state index contributed by atoms with van der Waals surface area (Å²) in [5.74, 6) is 0.137. The highest BCUT2D eigenvalue weighted by Crippen LogP contribution is 2.12. The second-order valence-electron chi connectivity index (χ2n) is 2.67. The highest BCUT2D eigenvalue weighted by molar-refractivity contribution is 7.80. The van der Waals surface area contributed by atoms with Crippen molar-refractivity contribution in [2.75, 3.05) is 5.75 Å². The Kier molecular flexibility index (Phi) is 3.53. The van der Waals surface area contributed by atoms with E-state index in [1.807, 2.05) is 0 Å². The molecule has 13 heavy (non-hydrogen) atoms. The molecule has 0 aromatic carbocycles. The van der Waals surface area contributed by atoms with Crippen LogP contribution in [0.1, 0.15) is 11.8 Å². The standard InChI is InChI=1S/C8H11NO3S/c10-5-1-2-9-6(3-5)8(12)7(11)4-13/h1-3,7-8,11-13H,4H2,(H,9,10). The normalized spacial score (nSPS) is 15.3. The van der Waals surface area contributed by atoms with Crippen molar-refractivity contribution in [2.45, 2.75) is 12.2 Å². The van der Waals surface area contributed by atoms with Crippen molar-refractivity contribution in [3.05, 3.63) is 34.2 Å². The number of H-pyrrole nitrogens is 1. The van der Waals surface area contributed by atoms with Crippen LogP contribution in [0, 0.1) is 0 Å². The van der Waals surface area contributed by atoms with Crippen LogP contribution in [0.3, 0.4) is 0 Å². The van der Waals surface area contributed by atoms with Crippen molar-refractivity contribution >= 4 is 12.6 Å². The van der Waals surface area contributed by atoms with E-state index in [2.05, 4.69) is 17.6 Å². The Bertz CT molecular complexity index is 325. The van der Waals surface area contributed by atoms with Crippen LogP contribution in [0.4, 0.5) is 0 Å². The van der Waals surface area contributed by atoms with Crippen LogP contribution in [-0.2, 0) is 0 Å². The lowest BCUT2D eigenvalue weighted by Crippen LogP contribution is -2.21. The first kappa shape index (κ1) is 10.3. The Morgan fingerprint density at radius 1 is 1.54 bits per heavy atom. The van der Waals surface area contributed by atoms with E-state index in [1.54, 1.807) is 0 Å². The van der Waals surface area contributed by atoms with Crippen LogP contribution in [0.25, 0.3) is 0 Å². The van der Waals surface area contributed by atoms with E-state index < -0.39 is 12.2 Å². The molecule has 0 saturated carbocycles. The number of thiol groups is 1. The number of hydrogen-bond acceptors (Lipinski definition) is 4. The molecule has 0 fully saturated rings. The third-order valence-corrected chi connectivity index (χ3v) is 2.04. The Hall–Kier alpha value is -0.780. The molecular formula is C8H11NO3S. The molecule has 3 N–H and O–H groups in total. The van der Waals surface area contributed by atoms with E-state index in [4.69, 9.17) is 0 Å². The van der Waals surface area contributed by atoms with Gasteiger partial charge in [-0.05, 0) is 0 Å². The SMILES string of the molecule is O=c1cc[nH]c(C(O)C(O)CS)c1. The number of hydrogen-bond donors (Lipinski definition) is 4. The van der Waals surface area contributed by atoms with Crippen LogP contribution in [0.2, 0.25) is 0 Å². The van der Waals surface area contributed by atoms with Crippen molar-refractivity contribution in [1.82, 2.24) is 4.98 Å². The number of aliphatic hydroxyl groups is 2. The fraction of sp³-hybridized carbons (Fsp3) is 0.375. The molecule has 0 aliphatic carbocycles. The van der Waals surface area contributed by atoms with Gasteiger partial charge in [-0.3, -0.25) is 4.79 Å². The Morgan fingerprint density at radius 3 is 2.77 bits per heavy atom. The summed E-state index contributed by atoms with van der Waals surface area (Å²) in [5.41, 5.74) is 0.0909. The molecule has 0 radical (unpaired) electrons. The lowest BCUT2D eigenvalue weighted by Gasteiger charge is -2.15. The zero-order valence-electron chi connectivity index (χ0n) is 6.84. The van der Waals surface area contributed by atoms with Gasteiger partial charge in [-0.1, -0.05) is 0 Å². The maximum absolute atomic E-state index is 10.9. The molecule has 1 rings (SSSR count). The molecule has 0 spiro atoms. The molecule has 1 aromatic heterocycles. The van der Waals surface area contributed by atoms with Gasteiger partial charge >= 0.3 is 0 Å². The van der Waals surface area contributed by atoms with E-state index in [0.717, 1.165) is 0 Å². The van der Waals surface area contributed by atoms with E-state index in [-0.39, 0.29) is 11.2 Å². The third kappa shape index (κ3) is 2.58. The first-order chi connectivity index (χ1) is 6.15. The summed E-state index contributed by atoms with van der Waals surface area (Å²) in [5, 5.41) is 18.7. The predicted molar refractivity (Wildman–Crippen MR) is 51.9 cm³/mol. The van der Waals surface area contributed by atoms with Gasteiger partial charge in [0.1, 0.15) is 6.10 Å². The molecule has 5 heteroatoms. The van der Waals surface area contributed by atoms with Gasteiger partial charge in [-0.25, -0.2) is 0 Å². The zero-order chi connectivity index (χ0) is 9.84. The van der Waals surface area contributed by atoms with E-state index >= 15 is 0 Å². The highest BCUT2D eigenvalue weighted by Gasteiger charge is 2.17. The minimum Gasteiger partial charge on any atom is -0.389 e. The molecule has 2 unspecified atom stereocenters. The van der Waals surface area contributed by atoms with Gasteiger partial charge in [-0.15, -0.1) is 0 Å². The van der Waals surface area contributed by atoms with Gasteiger partial charge in [0.05, 0.1) is 11.8 Å². The average molecular weight is 201 g/mol. The summed E-state index contributed by atoms with van der Waals surface area (Å²) >= 11 is 3.83. The van der Waals surface area contributed by atoms with E-state index in [0.29, 0.717) is 5.69 Å². The molecule has 4 nitrogen and oxygen atoms in total. The largest absolute Gasteiger partial charge is 0.389 e. The molecule has 2 atom stereocenters. The van der Waals surface area contributed by atoms with Crippen LogP contribution in [-0.4, -0.2) is 27.1 Å². The number of rotatable bonds is 3. The van der Waals surface area contributed by atoms with Gasteiger partial charge in [-0.2, -0.15) is 12.6 Å². The predicted octanol–water partition coefficient (Wildman–Crippen LogP) is -0.301. The van der Waals surface area contributed by atoms with E-state index in [1.165, 1.54) is 18.3 Å². The quantitative estimate of drug-likeness (QED) is 0.507. The Balaban J connectivity index is 2.88. The van der Waals surface area contributed by atoms with Gasteiger partial charge in [0.25, 0.3) is 0 Å². The molecular weight excluding hydrogens is 190 g/mol. The Labute approximate surface area is 80.7 Å². The molecule has 72 valence electrons. The van der Waals surface area contributed by atoms with Crippen molar-refractivity contribution in [1.29, 1.82) is 0 Å². The molecule has 0 aliphatic heterocycles. The molecule has 0 bridgehead atoms. The van der Waals surface area contributed by atoms with Crippen LogP contribution >= 0.6 is 12.6 Å². The van der Waals surface area contributed by atoms with Crippen LogP contribution in [0.5, 0.6) is 0 Å². The maximum atomic E-state index is 10.9. The number of aromatic amines is 1. The second-order valence-corrected chi connectivity index (χ2v) is 3.04. The van der Waals surface area contributed by atoms with Gasteiger partial charge in [0, 0.05) is 24.1 Å². The minimum atomic E-state index is -1.09. The first-order valence-electron chi connectivity index (χ1n) is 3.81. The molecule has 1 heterocycles. The van der Waals surface area contributed by atoms with Crippen LogP contribution < -0.4 is 5.43 Å². The highest BCUT2D eigenvalue weighted by atomic mass is 32.1. The molecule has 0 amide bonds. The van der Waals surface area contributed by atoms with Gasteiger partial charge in [0.15, 0.2) is 5.43 Å². The Morgan fingerprint density at radius 2 is 2.23 bits per heavy atom. The lowest BCUT2D eigenvalue weighted by molar-refractivity contribution is 0.0310. The third-order valence-electron chi connectivity index (χ3n) is 1.67. The summed E-state index contributed by atoms with van der Waals surface area (Å²) in [6, 6.07) is 2.58. The fourth-order valence-corrected chi connectivity index (χ4v) is 1.14. The molecule has 0 aliphatic rings. The van der Waals surface area contributed by atoms with Gasteiger partial charge < -0.3 is 15.2 Å². The van der Waals surface area contributed by atoms with Crippen molar-refractivity contribution in [3.63, 3.8) is 0 Å². The topological polar surface area (TPSA) is 73.3 Å². The second kappa shape index (κ2) is 4.45. The summed E-state index contributed by atoms with van der Waals surface area (Å²) in [6.07, 6.45) is -0.639. The molecule has 0 saturated heterocycles. The summed E-state index contributed by atoms with van der Waals surface area (Å²) in [6.45, 7) is 0. The first-order valence-corrected chi connectivity index (χ1v) is 4.44. The summed E-state index contributed by atoms with van der Waals surface area (Å²) in [4.78, 5) is 13.6. The smallest absolute Gasteiger partial charge is 0.181 e. The van der Waals surface area contributed by atoms with Crippen molar-refractivity contribution < 1.29 is 10.2 Å². The van der Waals surface area contributed by atoms with Crippen molar-refractivity contribution in [3.8, 4) is 0 Å². The lowest BCUT2D eigenvalue weighted by atomic mass is 10.1. The number of pyridine rings is 1. The molecule has 1 aromatic rings.